The molecule has 0 radical (unpaired) electrons. The van der Waals surface area contributed by atoms with Gasteiger partial charge in [0, 0.05) is 0 Å². The van der Waals surface area contributed by atoms with E-state index in [0.717, 1.165) is 6.07 Å². The maximum absolute atomic E-state index is 14.1. The van der Waals surface area contributed by atoms with Gasteiger partial charge in [-0.15, -0.1) is 0 Å². The average Bonchev–Trinajstić information content (AvgIpc) is 3.04. The number of fused-ring (bicyclic) bond motifs is 1. The Hall–Kier alpha value is -4.40. The van der Waals surface area contributed by atoms with Crippen LogP contribution in [0.1, 0.15) is 78.9 Å². The molecule has 0 bridgehead atoms. The average molecular weight is 546 g/mol. The summed E-state index contributed by atoms with van der Waals surface area (Å²) < 4.78 is 52.8. The summed E-state index contributed by atoms with van der Waals surface area (Å²) in [6.45, 7) is 8.22. The van der Waals surface area contributed by atoms with Crippen LogP contribution in [-0.2, 0) is 22.2 Å². The minimum atomic E-state index is -5.09. The molecule has 0 aromatic heterocycles. The van der Waals surface area contributed by atoms with E-state index in [1.165, 1.54) is 71.9 Å². The SMILES string of the molecule is CC(C)(C)OC(=O)N(Cc1cc(N2C(=O)c3ccccc3C2=O)cc(C(F)(F)F)c1C#N)C(=O)OC(C)(C)C. The highest BCUT2D eigenvalue weighted by Crippen LogP contribution is 2.39. The minimum absolute atomic E-state index is 0.00824. The second kappa shape index (κ2) is 10.1. The van der Waals surface area contributed by atoms with E-state index in [2.05, 4.69) is 0 Å². The summed E-state index contributed by atoms with van der Waals surface area (Å²) in [6.07, 6.45) is -7.56. The van der Waals surface area contributed by atoms with E-state index < -0.39 is 70.3 Å². The molecule has 0 fully saturated rings. The summed E-state index contributed by atoms with van der Waals surface area (Å²) in [5, 5.41) is 9.68. The first kappa shape index (κ1) is 29.2. The van der Waals surface area contributed by atoms with Crippen molar-refractivity contribution in [2.75, 3.05) is 4.90 Å². The summed E-state index contributed by atoms with van der Waals surface area (Å²) in [6, 6.07) is 8.68. The van der Waals surface area contributed by atoms with Crippen molar-refractivity contribution >= 4 is 29.7 Å². The Labute approximate surface area is 222 Å². The van der Waals surface area contributed by atoms with Gasteiger partial charge in [0.1, 0.15) is 17.3 Å². The lowest BCUT2D eigenvalue weighted by molar-refractivity contribution is -0.137. The molecule has 4 amide bonds. The highest BCUT2D eigenvalue weighted by molar-refractivity contribution is 6.34. The Balaban J connectivity index is 2.19. The topological polar surface area (TPSA) is 117 Å². The lowest BCUT2D eigenvalue weighted by atomic mass is 9.99. The lowest BCUT2D eigenvalue weighted by Gasteiger charge is -2.29. The Morgan fingerprint density at radius 2 is 1.36 bits per heavy atom. The number of rotatable bonds is 3. The van der Waals surface area contributed by atoms with Crippen molar-refractivity contribution in [2.24, 2.45) is 0 Å². The molecule has 0 unspecified atom stereocenters. The molecule has 1 aliphatic rings. The van der Waals surface area contributed by atoms with Gasteiger partial charge in [0.2, 0.25) is 0 Å². The smallest absolute Gasteiger partial charge is 0.420 e. The Kier molecular flexibility index (Phi) is 7.52. The molecule has 3 rings (SSSR count). The zero-order chi connectivity index (χ0) is 29.5. The van der Waals surface area contributed by atoms with Gasteiger partial charge < -0.3 is 9.47 Å². The standard InChI is InChI=1S/C27H26F3N3O6/c1-25(2,3)38-23(36)32(24(37)39-26(4,5)6)14-15-11-16(12-20(19(15)13-31)27(28,29)30)33-21(34)17-9-7-8-10-18(17)22(33)35/h7-12H,14H2,1-6H3. The zero-order valence-electron chi connectivity index (χ0n) is 22.1. The van der Waals surface area contributed by atoms with Crippen LogP contribution in [-0.4, -0.2) is 40.1 Å². The summed E-state index contributed by atoms with van der Waals surface area (Å²) in [4.78, 5) is 52.8. The van der Waals surface area contributed by atoms with E-state index in [9.17, 15) is 37.6 Å². The summed E-state index contributed by atoms with van der Waals surface area (Å²) in [7, 11) is 0. The molecule has 206 valence electrons. The van der Waals surface area contributed by atoms with Gasteiger partial charge in [-0.3, -0.25) is 9.59 Å². The number of amides is 4. The van der Waals surface area contributed by atoms with E-state index in [-0.39, 0.29) is 11.1 Å². The van der Waals surface area contributed by atoms with Crippen LogP contribution in [0.25, 0.3) is 0 Å². The van der Waals surface area contributed by atoms with Crippen LogP contribution in [0.5, 0.6) is 0 Å². The largest absolute Gasteiger partial charge is 0.443 e. The number of hydrogen-bond donors (Lipinski definition) is 0. The fourth-order valence-electron chi connectivity index (χ4n) is 3.73. The number of alkyl halides is 3. The lowest BCUT2D eigenvalue weighted by Crippen LogP contribution is -2.43. The predicted molar refractivity (Wildman–Crippen MR) is 132 cm³/mol. The first-order valence-electron chi connectivity index (χ1n) is 11.7. The maximum Gasteiger partial charge on any atom is 0.420 e. The van der Waals surface area contributed by atoms with Crippen LogP contribution in [0.3, 0.4) is 0 Å². The van der Waals surface area contributed by atoms with Gasteiger partial charge in [-0.1, -0.05) is 12.1 Å². The third kappa shape index (κ3) is 6.37. The highest BCUT2D eigenvalue weighted by atomic mass is 19.4. The van der Waals surface area contributed by atoms with E-state index in [0.29, 0.717) is 15.9 Å². The quantitative estimate of drug-likeness (QED) is 0.431. The van der Waals surface area contributed by atoms with Gasteiger partial charge in [0.05, 0.1) is 34.5 Å². The van der Waals surface area contributed by atoms with Crippen LogP contribution in [0.4, 0.5) is 28.4 Å². The van der Waals surface area contributed by atoms with Gasteiger partial charge in [-0.25, -0.2) is 19.4 Å². The molecule has 39 heavy (non-hydrogen) atoms. The second-order valence-electron chi connectivity index (χ2n) is 10.7. The molecule has 0 spiro atoms. The molecular weight excluding hydrogens is 519 g/mol. The van der Waals surface area contributed by atoms with Gasteiger partial charge in [-0.05, 0) is 71.4 Å². The molecule has 0 saturated heterocycles. The molecule has 0 N–H and O–H groups in total. The van der Waals surface area contributed by atoms with Crippen molar-refractivity contribution in [3.05, 3.63) is 64.2 Å². The van der Waals surface area contributed by atoms with Crippen LogP contribution < -0.4 is 4.90 Å². The molecule has 12 heteroatoms. The van der Waals surface area contributed by atoms with Crippen LogP contribution in [0, 0.1) is 11.3 Å². The molecule has 9 nitrogen and oxygen atoms in total. The first-order chi connectivity index (χ1) is 17.8. The van der Waals surface area contributed by atoms with Crippen molar-refractivity contribution in [1.82, 2.24) is 4.90 Å². The van der Waals surface area contributed by atoms with E-state index in [1.807, 2.05) is 0 Å². The third-order valence-corrected chi connectivity index (χ3v) is 5.23. The second-order valence-corrected chi connectivity index (χ2v) is 10.7. The molecule has 2 aromatic rings. The van der Waals surface area contributed by atoms with E-state index in [1.54, 1.807) is 0 Å². The monoisotopic (exact) mass is 545 g/mol. The number of imide groups is 2. The summed E-state index contributed by atoms with van der Waals surface area (Å²) in [5.74, 6) is -1.73. The highest BCUT2D eigenvalue weighted by Gasteiger charge is 2.41. The van der Waals surface area contributed by atoms with Gasteiger partial charge in [0.25, 0.3) is 11.8 Å². The van der Waals surface area contributed by atoms with Crippen molar-refractivity contribution in [3.8, 4) is 6.07 Å². The number of anilines is 1. The molecule has 1 heterocycles. The molecule has 2 aromatic carbocycles. The van der Waals surface area contributed by atoms with Crippen molar-refractivity contribution < 1.29 is 41.8 Å². The van der Waals surface area contributed by atoms with E-state index in [4.69, 9.17) is 9.47 Å². The number of hydrogen-bond acceptors (Lipinski definition) is 7. The Bertz CT molecular complexity index is 1330. The van der Waals surface area contributed by atoms with Crippen molar-refractivity contribution in [3.63, 3.8) is 0 Å². The van der Waals surface area contributed by atoms with Crippen molar-refractivity contribution in [1.29, 1.82) is 5.26 Å². The number of carbonyl (C=O) groups excluding carboxylic acids is 4. The van der Waals surface area contributed by atoms with Crippen LogP contribution in [0.2, 0.25) is 0 Å². The summed E-state index contributed by atoms with van der Waals surface area (Å²) >= 11 is 0. The molecule has 0 aliphatic carbocycles. The molecule has 0 atom stereocenters. The number of ether oxygens (including phenoxy) is 2. The summed E-state index contributed by atoms with van der Waals surface area (Å²) in [5.41, 5.74) is -5.51. The normalized spacial score (nSPS) is 13.6. The van der Waals surface area contributed by atoms with E-state index >= 15 is 0 Å². The van der Waals surface area contributed by atoms with Gasteiger partial charge >= 0.3 is 18.4 Å². The number of halogens is 3. The van der Waals surface area contributed by atoms with Gasteiger partial charge in [-0.2, -0.15) is 18.4 Å². The van der Waals surface area contributed by atoms with Gasteiger partial charge in [0.15, 0.2) is 0 Å². The third-order valence-electron chi connectivity index (χ3n) is 5.23. The number of benzene rings is 2. The van der Waals surface area contributed by atoms with Crippen LogP contribution >= 0.6 is 0 Å². The number of nitriles is 1. The minimum Gasteiger partial charge on any atom is -0.443 e. The number of carbonyl (C=O) groups is 4. The zero-order valence-corrected chi connectivity index (χ0v) is 22.1. The first-order valence-corrected chi connectivity index (χ1v) is 11.7. The van der Waals surface area contributed by atoms with Crippen molar-refractivity contribution in [2.45, 2.75) is 65.5 Å². The van der Waals surface area contributed by atoms with Crippen LogP contribution in [0.15, 0.2) is 36.4 Å². The molecular formula is C27H26F3N3O6. The maximum atomic E-state index is 14.1. The fourth-order valence-corrected chi connectivity index (χ4v) is 3.73. The Morgan fingerprint density at radius 1 is 0.897 bits per heavy atom. The molecule has 1 aliphatic heterocycles. The Morgan fingerprint density at radius 3 is 1.74 bits per heavy atom. The predicted octanol–water partition coefficient (Wildman–Crippen LogP) is 6.05. The molecule has 0 saturated carbocycles. The fraction of sp³-hybridized carbons (Fsp3) is 0.370. The number of nitrogens with zero attached hydrogens (tertiary/aromatic N) is 3.